The summed E-state index contributed by atoms with van der Waals surface area (Å²) in [7, 11) is 2.92. The Morgan fingerprint density at radius 1 is 1.38 bits per heavy atom. The van der Waals surface area contributed by atoms with Crippen LogP contribution in [0.3, 0.4) is 0 Å². The van der Waals surface area contributed by atoms with Crippen molar-refractivity contribution in [3.8, 4) is 0 Å². The number of ether oxygens (including phenoxy) is 1. The smallest absolute Gasteiger partial charge is 0.396 e. The lowest BCUT2D eigenvalue weighted by Gasteiger charge is -2.30. The Morgan fingerprint density at radius 2 is 2.12 bits per heavy atom. The molecule has 16 heavy (non-hydrogen) atoms. The molecule has 5 nitrogen and oxygen atoms in total. The van der Waals surface area contributed by atoms with Gasteiger partial charge >= 0.3 is 8.69 Å². The molecule has 0 radical (unpaired) electrons. The maximum absolute atomic E-state index is 10.6. The molecule has 1 heterocycles. The Balaban J connectivity index is 2.56. The van der Waals surface area contributed by atoms with E-state index in [9.17, 15) is 4.57 Å². The van der Waals surface area contributed by atoms with Crippen molar-refractivity contribution in [1.29, 1.82) is 0 Å². The van der Waals surface area contributed by atoms with Gasteiger partial charge in [0.15, 0.2) is 0 Å². The summed E-state index contributed by atoms with van der Waals surface area (Å²) in [4.78, 5) is 0. The van der Waals surface area contributed by atoms with E-state index in [0.717, 1.165) is 11.3 Å². The van der Waals surface area contributed by atoms with E-state index < -0.39 is 8.69 Å². The normalized spacial score (nSPS) is 14.5. The molecule has 0 atom stereocenters. The van der Waals surface area contributed by atoms with Crippen molar-refractivity contribution in [1.82, 2.24) is 5.01 Å². The lowest BCUT2D eigenvalue weighted by atomic mass is 10.1. The van der Waals surface area contributed by atoms with Crippen LogP contribution < -0.4 is 5.43 Å². The molecular weight excluding hydrogens is 227 g/mol. The second-order valence-corrected chi connectivity index (χ2v) is 3.55. The molecule has 1 aliphatic rings. The van der Waals surface area contributed by atoms with Crippen molar-refractivity contribution in [2.75, 3.05) is 19.6 Å². The highest BCUT2D eigenvalue weighted by Gasteiger charge is 2.24. The average molecular weight is 238 g/mol. The van der Waals surface area contributed by atoms with E-state index in [1.54, 1.807) is 12.1 Å². The Hall–Kier alpha value is -1.74. The molecule has 2 rings (SSSR count). The summed E-state index contributed by atoms with van der Waals surface area (Å²) >= 11 is 0. The van der Waals surface area contributed by atoms with Gasteiger partial charge in [-0.2, -0.15) is 0 Å². The van der Waals surface area contributed by atoms with Gasteiger partial charge in [-0.1, -0.05) is 12.1 Å². The predicted octanol–water partition coefficient (Wildman–Crippen LogP) is 2.45. The standard InChI is InChI=1S/C10H11N2O3P/c1-12-10(14-2)9(15-16-13)7-5-3-4-6-8(7)11-12/h3-6,11H,1-2H3. The summed E-state index contributed by atoms with van der Waals surface area (Å²) in [5, 5.41) is 1.67. The zero-order valence-corrected chi connectivity index (χ0v) is 9.82. The van der Waals surface area contributed by atoms with E-state index >= 15 is 0 Å². The lowest BCUT2D eigenvalue weighted by Crippen LogP contribution is -2.30. The molecule has 0 spiro atoms. The van der Waals surface area contributed by atoms with Crippen LogP contribution in [0, 0.1) is 0 Å². The molecule has 6 heteroatoms. The molecule has 1 aromatic carbocycles. The molecule has 0 saturated heterocycles. The molecule has 0 bridgehead atoms. The molecule has 0 aliphatic carbocycles. The third-order valence-electron chi connectivity index (χ3n) is 2.28. The van der Waals surface area contributed by atoms with Crippen molar-refractivity contribution in [2.45, 2.75) is 0 Å². The average Bonchev–Trinajstić information content (AvgIpc) is 2.29. The fourth-order valence-corrected chi connectivity index (χ4v) is 1.88. The van der Waals surface area contributed by atoms with Crippen LogP contribution in [0.2, 0.25) is 0 Å². The molecule has 0 aromatic heterocycles. The number of benzene rings is 1. The second kappa shape index (κ2) is 4.41. The number of para-hydroxylation sites is 1. The fraction of sp³-hybridized carbons (Fsp3) is 0.200. The third kappa shape index (κ3) is 1.70. The van der Waals surface area contributed by atoms with Crippen LogP contribution in [-0.4, -0.2) is 19.2 Å². The van der Waals surface area contributed by atoms with Crippen molar-refractivity contribution >= 4 is 20.1 Å². The number of hydrazine groups is 1. The Labute approximate surface area is 94.9 Å². The number of anilines is 1. The van der Waals surface area contributed by atoms with E-state index in [0.29, 0.717) is 11.6 Å². The minimum Gasteiger partial charge on any atom is -0.479 e. The highest BCUT2D eigenvalue weighted by Crippen LogP contribution is 2.35. The number of nitrogens with zero attached hydrogens (tertiary/aromatic N) is 1. The van der Waals surface area contributed by atoms with Gasteiger partial charge in [-0.05, 0) is 12.1 Å². The molecular formula is C10H11N2O3P. The van der Waals surface area contributed by atoms with E-state index in [1.165, 1.54) is 7.11 Å². The van der Waals surface area contributed by atoms with E-state index in [-0.39, 0.29) is 0 Å². The monoisotopic (exact) mass is 238 g/mol. The first kappa shape index (κ1) is 10.8. The van der Waals surface area contributed by atoms with Gasteiger partial charge in [0.1, 0.15) is 0 Å². The minimum absolute atomic E-state index is 0.406. The van der Waals surface area contributed by atoms with Crippen LogP contribution >= 0.6 is 8.69 Å². The fourth-order valence-electron chi connectivity index (χ4n) is 1.63. The molecule has 0 amide bonds. The summed E-state index contributed by atoms with van der Waals surface area (Å²) in [5.41, 5.74) is 4.81. The minimum atomic E-state index is -0.406. The van der Waals surface area contributed by atoms with Gasteiger partial charge in [-0.15, -0.1) is 0 Å². The van der Waals surface area contributed by atoms with Crippen molar-refractivity contribution < 1.29 is 13.8 Å². The Morgan fingerprint density at radius 3 is 2.81 bits per heavy atom. The Bertz CT molecular complexity index is 447. The van der Waals surface area contributed by atoms with Crippen LogP contribution in [0.15, 0.2) is 30.1 Å². The number of hydrogen-bond acceptors (Lipinski definition) is 5. The first-order chi connectivity index (χ1) is 7.77. The number of hydrogen-bond donors (Lipinski definition) is 1. The zero-order valence-electron chi connectivity index (χ0n) is 8.93. The summed E-state index contributed by atoms with van der Waals surface area (Å²) < 4.78 is 20.9. The summed E-state index contributed by atoms with van der Waals surface area (Å²) in [6.45, 7) is 0. The first-order valence-corrected chi connectivity index (χ1v) is 5.38. The number of fused-ring (bicyclic) bond motifs is 1. The molecule has 1 aliphatic heterocycles. The van der Waals surface area contributed by atoms with E-state index in [2.05, 4.69) is 5.43 Å². The Kier molecular flexibility index (Phi) is 2.97. The third-order valence-corrected chi connectivity index (χ3v) is 2.54. The second-order valence-electron chi connectivity index (χ2n) is 3.22. The van der Waals surface area contributed by atoms with E-state index in [1.807, 2.05) is 24.3 Å². The zero-order chi connectivity index (χ0) is 11.5. The maximum atomic E-state index is 10.6. The number of rotatable bonds is 3. The summed E-state index contributed by atoms with van der Waals surface area (Å²) in [6.07, 6.45) is 0. The van der Waals surface area contributed by atoms with Gasteiger partial charge in [0, 0.05) is 12.6 Å². The highest BCUT2D eigenvalue weighted by atomic mass is 31.1. The van der Waals surface area contributed by atoms with E-state index in [4.69, 9.17) is 9.26 Å². The van der Waals surface area contributed by atoms with Crippen molar-refractivity contribution in [3.63, 3.8) is 0 Å². The molecule has 0 unspecified atom stereocenters. The predicted molar refractivity (Wildman–Crippen MR) is 60.4 cm³/mol. The van der Waals surface area contributed by atoms with Gasteiger partial charge < -0.3 is 9.26 Å². The van der Waals surface area contributed by atoms with Gasteiger partial charge in [-0.3, -0.25) is 10.4 Å². The van der Waals surface area contributed by atoms with Crippen molar-refractivity contribution in [2.24, 2.45) is 0 Å². The molecule has 1 N–H and O–H groups in total. The van der Waals surface area contributed by atoms with Gasteiger partial charge in [0.05, 0.1) is 12.8 Å². The first-order valence-electron chi connectivity index (χ1n) is 4.65. The topological polar surface area (TPSA) is 50.8 Å². The van der Waals surface area contributed by atoms with Gasteiger partial charge in [-0.25, -0.2) is 4.57 Å². The lowest BCUT2D eigenvalue weighted by molar-refractivity contribution is 0.184. The van der Waals surface area contributed by atoms with Crippen LogP contribution in [0.1, 0.15) is 5.56 Å². The number of nitrogens with one attached hydrogen (secondary N) is 1. The van der Waals surface area contributed by atoms with Gasteiger partial charge in [0.25, 0.3) is 5.88 Å². The van der Waals surface area contributed by atoms with Crippen LogP contribution in [-0.2, 0) is 13.8 Å². The largest absolute Gasteiger partial charge is 0.479 e. The summed E-state index contributed by atoms with van der Waals surface area (Å²) in [6, 6.07) is 7.56. The summed E-state index contributed by atoms with van der Waals surface area (Å²) in [5.74, 6) is 0.943. The molecule has 1 aromatic rings. The molecule has 0 fully saturated rings. The SMILES string of the molecule is COC1=C(OP=O)c2ccccc2NN1C. The quantitative estimate of drug-likeness (QED) is 0.819. The van der Waals surface area contributed by atoms with Crippen molar-refractivity contribution in [3.05, 3.63) is 35.7 Å². The van der Waals surface area contributed by atoms with Gasteiger partial charge in [0.2, 0.25) is 5.76 Å². The maximum Gasteiger partial charge on any atom is 0.396 e. The highest BCUT2D eigenvalue weighted by molar-refractivity contribution is 7.17. The van der Waals surface area contributed by atoms with Crippen LogP contribution in [0.25, 0.3) is 5.76 Å². The molecule has 0 saturated carbocycles. The number of methoxy groups -OCH3 is 1. The molecule has 84 valence electrons. The van der Waals surface area contributed by atoms with Crippen LogP contribution in [0.4, 0.5) is 5.69 Å². The van der Waals surface area contributed by atoms with Crippen LogP contribution in [0.5, 0.6) is 0 Å².